The van der Waals surface area contributed by atoms with E-state index in [9.17, 15) is 9.59 Å². The van der Waals surface area contributed by atoms with Crippen LogP contribution in [0, 0.1) is 0 Å². The molecule has 0 fully saturated rings. The number of nitrogens with zero attached hydrogens (tertiary/aromatic N) is 2. The summed E-state index contributed by atoms with van der Waals surface area (Å²) in [7, 11) is 3.43. The molecule has 0 bridgehead atoms. The van der Waals surface area contributed by atoms with Gasteiger partial charge >= 0.3 is 0 Å². The first-order valence-corrected chi connectivity index (χ1v) is 5.05. The van der Waals surface area contributed by atoms with Crippen LogP contribution in [0.1, 0.15) is 12.5 Å². The van der Waals surface area contributed by atoms with Gasteiger partial charge in [-0.05, 0) is 0 Å². The Bertz CT molecular complexity index is 414. The standard InChI is InChI=1S/C12H16N2O2/c1-4-10(9-12(16)13(2)3)14-7-5-11(15)6-8-14/h4-8,10H,1,9H2,2-3H3. The Kier molecular flexibility index (Phi) is 4.05. The lowest BCUT2D eigenvalue weighted by Gasteiger charge is -2.18. The van der Waals surface area contributed by atoms with Crippen molar-refractivity contribution in [3.05, 3.63) is 47.4 Å². The van der Waals surface area contributed by atoms with Gasteiger partial charge in [0, 0.05) is 38.6 Å². The number of amides is 1. The molecule has 1 aromatic rings. The number of pyridine rings is 1. The monoisotopic (exact) mass is 220 g/mol. The van der Waals surface area contributed by atoms with Gasteiger partial charge in [0.2, 0.25) is 5.91 Å². The predicted molar refractivity (Wildman–Crippen MR) is 63.2 cm³/mol. The Morgan fingerprint density at radius 2 is 2.06 bits per heavy atom. The van der Waals surface area contributed by atoms with E-state index in [-0.39, 0.29) is 17.4 Å². The third-order valence-corrected chi connectivity index (χ3v) is 2.36. The first-order valence-electron chi connectivity index (χ1n) is 5.05. The van der Waals surface area contributed by atoms with E-state index in [1.807, 2.05) is 0 Å². The van der Waals surface area contributed by atoms with Crippen molar-refractivity contribution in [3.63, 3.8) is 0 Å². The van der Waals surface area contributed by atoms with Crippen LogP contribution in [-0.4, -0.2) is 29.5 Å². The molecule has 0 radical (unpaired) electrons. The lowest BCUT2D eigenvalue weighted by atomic mass is 10.2. The number of aromatic nitrogens is 1. The highest BCUT2D eigenvalue weighted by atomic mass is 16.2. The molecule has 16 heavy (non-hydrogen) atoms. The van der Waals surface area contributed by atoms with Gasteiger partial charge in [-0.15, -0.1) is 6.58 Å². The van der Waals surface area contributed by atoms with Crippen LogP contribution in [-0.2, 0) is 4.79 Å². The largest absolute Gasteiger partial charge is 0.349 e. The van der Waals surface area contributed by atoms with Gasteiger partial charge in [-0.25, -0.2) is 0 Å². The van der Waals surface area contributed by atoms with Crippen molar-refractivity contribution < 1.29 is 4.79 Å². The molecule has 1 rings (SSSR count). The molecule has 1 aromatic heterocycles. The van der Waals surface area contributed by atoms with Crippen molar-refractivity contribution in [2.75, 3.05) is 14.1 Å². The molecule has 0 N–H and O–H groups in total. The highest BCUT2D eigenvalue weighted by Gasteiger charge is 2.12. The Morgan fingerprint density at radius 3 is 2.50 bits per heavy atom. The van der Waals surface area contributed by atoms with Gasteiger partial charge in [-0.2, -0.15) is 0 Å². The smallest absolute Gasteiger partial charge is 0.224 e. The number of hydrogen-bond acceptors (Lipinski definition) is 2. The number of carbonyl (C=O) groups excluding carboxylic acids is 1. The summed E-state index contributed by atoms with van der Waals surface area (Å²) in [5.74, 6) is 0.0311. The third kappa shape index (κ3) is 3.08. The molecular weight excluding hydrogens is 204 g/mol. The molecular formula is C12H16N2O2. The predicted octanol–water partition coefficient (Wildman–Crippen LogP) is 1.05. The summed E-state index contributed by atoms with van der Waals surface area (Å²) in [5.41, 5.74) is -0.0435. The third-order valence-electron chi connectivity index (χ3n) is 2.36. The maximum atomic E-state index is 11.6. The first-order chi connectivity index (χ1) is 7.54. The van der Waals surface area contributed by atoms with E-state index in [0.717, 1.165) is 0 Å². The Labute approximate surface area is 94.8 Å². The van der Waals surface area contributed by atoms with Gasteiger partial charge < -0.3 is 9.47 Å². The van der Waals surface area contributed by atoms with E-state index < -0.39 is 0 Å². The molecule has 0 aliphatic rings. The summed E-state index contributed by atoms with van der Waals surface area (Å²) in [6, 6.07) is 2.82. The topological polar surface area (TPSA) is 42.3 Å². The molecule has 1 unspecified atom stereocenters. The van der Waals surface area contributed by atoms with Crippen LogP contribution in [0.3, 0.4) is 0 Å². The molecule has 0 saturated heterocycles. The number of allylic oxidation sites excluding steroid dienone is 1. The van der Waals surface area contributed by atoms with Crippen LogP contribution < -0.4 is 5.43 Å². The summed E-state index contributed by atoms with van der Waals surface area (Å²) in [6.07, 6.45) is 5.38. The second kappa shape index (κ2) is 5.30. The zero-order valence-corrected chi connectivity index (χ0v) is 9.59. The van der Waals surface area contributed by atoms with Crippen molar-refractivity contribution >= 4 is 5.91 Å². The Morgan fingerprint density at radius 1 is 1.50 bits per heavy atom. The van der Waals surface area contributed by atoms with E-state index in [4.69, 9.17) is 0 Å². The second-order valence-electron chi connectivity index (χ2n) is 3.78. The summed E-state index contributed by atoms with van der Waals surface area (Å²) >= 11 is 0. The van der Waals surface area contributed by atoms with Crippen LogP contribution in [0.4, 0.5) is 0 Å². The summed E-state index contributed by atoms with van der Waals surface area (Å²) in [6.45, 7) is 3.70. The maximum Gasteiger partial charge on any atom is 0.224 e. The van der Waals surface area contributed by atoms with E-state index in [1.165, 1.54) is 12.1 Å². The van der Waals surface area contributed by atoms with Crippen LogP contribution >= 0.6 is 0 Å². The minimum Gasteiger partial charge on any atom is -0.349 e. The number of hydrogen-bond donors (Lipinski definition) is 0. The van der Waals surface area contributed by atoms with Crippen molar-refractivity contribution in [1.29, 1.82) is 0 Å². The van der Waals surface area contributed by atoms with E-state index in [1.54, 1.807) is 42.0 Å². The van der Waals surface area contributed by atoms with E-state index in [2.05, 4.69) is 6.58 Å². The fraction of sp³-hybridized carbons (Fsp3) is 0.333. The molecule has 0 aliphatic heterocycles. The van der Waals surface area contributed by atoms with E-state index >= 15 is 0 Å². The fourth-order valence-corrected chi connectivity index (χ4v) is 1.32. The molecule has 1 atom stereocenters. The minimum atomic E-state index is -0.115. The quantitative estimate of drug-likeness (QED) is 0.712. The van der Waals surface area contributed by atoms with Gasteiger partial charge in [-0.3, -0.25) is 9.59 Å². The average Bonchev–Trinajstić information content (AvgIpc) is 2.26. The minimum absolute atomic E-state index is 0.0311. The van der Waals surface area contributed by atoms with Crippen LogP contribution in [0.5, 0.6) is 0 Å². The van der Waals surface area contributed by atoms with Gasteiger partial charge in [0.05, 0.1) is 12.5 Å². The molecule has 1 heterocycles. The molecule has 4 nitrogen and oxygen atoms in total. The van der Waals surface area contributed by atoms with Gasteiger partial charge in [0.1, 0.15) is 0 Å². The molecule has 1 amide bonds. The number of rotatable bonds is 4. The lowest BCUT2D eigenvalue weighted by molar-refractivity contribution is -0.129. The van der Waals surface area contributed by atoms with Crippen molar-refractivity contribution in [2.45, 2.75) is 12.5 Å². The number of carbonyl (C=O) groups is 1. The summed E-state index contributed by atoms with van der Waals surface area (Å²) in [4.78, 5) is 24.0. The Balaban J connectivity index is 2.82. The SMILES string of the molecule is C=CC(CC(=O)N(C)C)n1ccc(=O)cc1. The normalized spacial score (nSPS) is 11.9. The summed E-state index contributed by atoms with van der Waals surface area (Å²) in [5, 5.41) is 0. The second-order valence-corrected chi connectivity index (χ2v) is 3.78. The molecule has 86 valence electrons. The van der Waals surface area contributed by atoms with Crippen molar-refractivity contribution in [1.82, 2.24) is 9.47 Å². The van der Waals surface area contributed by atoms with E-state index in [0.29, 0.717) is 6.42 Å². The molecule has 0 saturated carbocycles. The van der Waals surface area contributed by atoms with Gasteiger partial charge in [0.25, 0.3) is 0 Å². The Hall–Kier alpha value is -1.84. The van der Waals surface area contributed by atoms with Gasteiger partial charge in [-0.1, -0.05) is 6.08 Å². The summed E-state index contributed by atoms with van der Waals surface area (Å²) < 4.78 is 1.80. The van der Waals surface area contributed by atoms with Crippen LogP contribution in [0.25, 0.3) is 0 Å². The highest BCUT2D eigenvalue weighted by Crippen LogP contribution is 2.12. The van der Waals surface area contributed by atoms with Crippen LogP contribution in [0.2, 0.25) is 0 Å². The molecule has 0 aliphatic carbocycles. The van der Waals surface area contributed by atoms with Crippen LogP contribution in [0.15, 0.2) is 42.0 Å². The van der Waals surface area contributed by atoms with Crippen molar-refractivity contribution in [3.8, 4) is 0 Å². The molecule has 0 spiro atoms. The van der Waals surface area contributed by atoms with Gasteiger partial charge in [0.15, 0.2) is 5.43 Å². The molecule has 4 heteroatoms. The maximum absolute atomic E-state index is 11.6. The highest BCUT2D eigenvalue weighted by molar-refractivity contribution is 5.76. The zero-order valence-electron chi connectivity index (χ0n) is 9.59. The first kappa shape index (κ1) is 12.2. The van der Waals surface area contributed by atoms with Crippen molar-refractivity contribution in [2.24, 2.45) is 0 Å². The molecule has 0 aromatic carbocycles. The zero-order chi connectivity index (χ0) is 12.1. The fourth-order valence-electron chi connectivity index (χ4n) is 1.32. The lowest BCUT2D eigenvalue weighted by Crippen LogP contribution is -2.25. The average molecular weight is 220 g/mol.